The second-order valence-electron chi connectivity index (χ2n) is 3.50. The van der Waals surface area contributed by atoms with Gasteiger partial charge in [-0.15, -0.1) is 5.10 Å². The summed E-state index contributed by atoms with van der Waals surface area (Å²) in [5.41, 5.74) is 0.528. The second kappa shape index (κ2) is 11.8. The molecule has 0 amide bonds. The average Bonchev–Trinajstić information content (AvgIpc) is 2.51. The summed E-state index contributed by atoms with van der Waals surface area (Å²) < 4.78 is 0. The molecule has 1 heterocycles. The molecule has 0 aromatic carbocycles. The van der Waals surface area contributed by atoms with Crippen LogP contribution >= 0.6 is 0 Å². The van der Waals surface area contributed by atoms with Crippen LogP contribution in [-0.2, 0) is 4.84 Å². The molecule has 104 valence electrons. The Morgan fingerprint density at radius 2 is 1.57 bits per heavy atom. The zero-order chi connectivity index (χ0) is 15.0. The summed E-state index contributed by atoms with van der Waals surface area (Å²) in [5, 5.41) is 19.3. The fourth-order valence-electron chi connectivity index (χ4n) is 1.10. The SMILES string of the molecule is N#CC1=C/C=C/C=N\N=N\O\C=C/C=C/C=C/C=C/C=C1. The summed E-state index contributed by atoms with van der Waals surface area (Å²) in [6.45, 7) is 0. The van der Waals surface area contributed by atoms with E-state index in [-0.39, 0.29) is 0 Å². The van der Waals surface area contributed by atoms with Crippen LogP contribution in [0, 0.1) is 11.3 Å². The van der Waals surface area contributed by atoms with Gasteiger partial charge in [-0.05, 0) is 29.5 Å². The molecule has 0 saturated heterocycles. The Hall–Kier alpha value is -3.26. The molecule has 0 atom stereocenters. The molecule has 21 heavy (non-hydrogen) atoms. The van der Waals surface area contributed by atoms with E-state index in [0.29, 0.717) is 5.57 Å². The normalized spacial score (nSPS) is 26.3. The number of rotatable bonds is 0. The third-order valence-electron chi connectivity index (χ3n) is 2.00. The lowest BCUT2D eigenvalue weighted by Crippen LogP contribution is -1.69. The summed E-state index contributed by atoms with van der Waals surface area (Å²) in [6.07, 6.45) is 24.0. The summed E-state index contributed by atoms with van der Waals surface area (Å²) in [7, 11) is 0. The Labute approximate surface area is 123 Å². The first-order chi connectivity index (χ1) is 10.4. The molecule has 0 spiro atoms. The van der Waals surface area contributed by atoms with Gasteiger partial charge in [-0.3, -0.25) is 0 Å². The van der Waals surface area contributed by atoms with Crippen molar-refractivity contribution in [1.82, 2.24) is 0 Å². The van der Waals surface area contributed by atoms with Crippen molar-refractivity contribution in [3.63, 3.8) is 0 Å². The van der Waals surface area contributed by atoms with E-state index in [9.17, 15) is 0 Å². The molecule has 0 aromatic heterocycles. The quantitative estimate of drug-likeness (QED) is 0.668. The van der Waals surface area contributed by atoms with Gasteiger partial charge in [0.15, 0.2) is 0 Å². The van der Waals surface area contributed by atoms with Crippen molar-refractivity contribution in [2.24, 2.45) is 15.6 Å². The topological polar surface area (TPSA) is 70.1 Å². The first-order valence-electron chi connectivity index (χ1n) is 6.13. The Morgan fingerprint density at radius 1 is 0.857 bits per heavy atom. The summed E-state index contributed by atoms with van der Waals surface area (Å²) in [5.74, 6) is 0. The van der Waals surface area contributed by atoms with Crippen molar-refractivity contribution in [3.8, 4) is 6.07 Å². The molecular weight excluding hydrogens is 264 g/mol. The molecule has 1 aliphatic rings. The van der Waals surface area contributed by atoms with E-state index in [1.807, 2.05) is 30.4 Å². The second-order valence-corrected chi connectivity index (χ2v) is 3.50. The number of hydrogen-bond acceptors (Lipinski definition) is 5. The van der Waals surface area contributed by atoms with Crippen LogP contribution in [0.1, 0.15) is 0 Å². The molecule has 5 nitrogen and oxygen atoms in total. The van der Waals surface area contributed by atoms with E-state index in [1.165, 1.54) is 12.5 Å². The van der Waals surface area contributed by atoms with Gasteiger partial charge in [-0.1, -0.05) is 48.6 Å². The van der Waals surface area contributed by atoms with Crippen LogP contribution in [0.25, 0.3) is 0 Å². The fourth-order valence-corrected chi connectivity index (χ4v) is 1.10. The van der Waals surface area contributed by atoms with Gasteiger partial charge in [0.1, 0.15) is 6.26 Å². The molecule has 1 rings (SSSR count). The van der Waals surface area contributed by atoms with Crippen LogP contribution in [0.2, 0.25) is 0 Å². The van der Waals surface area contributed by atoms with Crippen LogP contribution in [0.5, 0.6) is 0 Å². The molecule has 5 heteroatoms. The molecule has 1 aliphatic heterocycles. The van der Waals surface area contributed by atoms with Gasteiger partial charge in [0.05, 0.1) is 23.1 Å². The van der Waals surface area contributed by atoms with E-state index in [4.69, 9.17) is 10.1 Å². The molecule has 0 N–H and O–H groups in total. The van der Waals surface area contributed by atoms with E-state index in [2.05, 4.69) is 21.7 Å². The van der Waals surface area contributed by atoms with Gasteiger partial charge in [0, 0.05) is 0 Å². The van der Waals surface area contributed by atoms with Crippen molar-refractivity contribution in [1.29, 1.82) is 5.26 Å². The summed E-state index contributed by atoms with van der Waals surface area (Å²) in [4.78, 5) is 4.72. The zero-order valence-corrected chi connectivity index (χ0v) is 11.3. The Balaban J connectivity index is 2.81. The van der Waals surface area contributed by atoms with E-state index in [1.54, 1.807) is 42.5 Å². The number of allylic oxidation sites excluding steroid dienone is 13. The first-order valence-corrected chi connectivity index (χ1v) is 6.13. The minimum Gasteiger partial charge on any atom is -0.346 e. The molecule has 0 saturated carbocycles. The average molecular weight is 278 g/mol. The predicted octanol–water partition coefficient (Wildman–Crippen LogP) is 4.11. The summed E-state index contributed by atoms with van der Waals surface area (Å²) in [6, 6.07) is 2.08. The van der Waals surface area contributed by atoms with Gasteiger partial charge < -0.3 is 4.84 Å². The van der Waals surface area contributed by atoms with Gasteiger partial charge >= 0.3 is 0 Å². The molecule has 0 aromatic rings. The van der Waals surface area contributed by atoms with Crippen LogP contribution in [0.15, 0.2) is 100 Å². The highest BCUT2D eigenvalue weighted by molar-refractivity contribution is 5.71. The number of nitrogens with zero attached hydrogens (tertiary/aromatic N) is 4. The van der Waals surface area contributed by atoms with E-state index >= 15 is 0 Å². The van der Waals surface area contributed by atoms with Crippen molar-refractivity contribution in [3.05, 3.63) is 84.7 Å². The largest absolute Gasteiger partial charge is 0.346 e. The monoisotopic (exact) mass is 278 g/mol. The molecule has 0 aliphatic carbocycles. The Morgan fingerprint density at radius 3 is 2.33 bits per heavy atom. The van der Waals surface area contributed by atoms with E-state index < -0.39 is 0 Å². The zero-order valence-electron chi connectivity index (χ0n) is 11.3. The van der Waals surface area contributed by atoms with Crippen LogP contribution in [0.4, 0.5) is 0 Å². The van der Waals surface area contributed by atoms with Gasteiger partial charge in [-0.25, -0.2) is 0 Å². The van der Waals surface area contributed by atoms with Crippen molar-refractivity contribution < 1.29 is 4.84 Å². The highest BCUT2D eigenvalue weighted by Gasteiger charge is 1.83. The van der Waals surface area contributed by atoms with Gasteiger partial charge in [0.2, 0.25) is 0 Å². The van der Waals surface area contributed by atoms with E-state index in [0.717, 1.165) is 0 Å². The van der Waals surface area contributed by atoms with Crippen LogP contribution in [0.3, 0.4) is 0 Å². The van der Waals surface area contributed by atoms with Crippen LogP contribution < -0.4 is 0 Å². The van der Waals surface area contributed by atoms with Crippen molar-refractivity contribution in [2.75, 3.05) is 0 Å². The Bertz CT molecular complexity index is 609. The van der Waals surface area contributed by atoms with Gasteiger partial charge in [-0.2, -0.15) is 5.26 Å². The summed E-state index contributed by atoms with van der Waals surface area (Å²) >= 11 is 0. The van der Waals surface area contributed by atoms with Crippen molar-refractivity contribution in [2.45, 2.75) is 0 Å². The van der Waals surface area contributed by atoms with Gasteiger partial charge in [0.25, 0.3) is 0 Å². The highest BCUT2D eigenvalue weighted by atomic mass is 16.6. The minimum atomic E-state index is 0.528. The lowest BCUT2D eigenvalue weighted by molar-refractivity contribution is 0.237. The minimum absolute atomic E-state index is 0.528. The molecular formula is C16H14N4O. The predicted molar refractivity (Wildman–Crippen MR) is 83.0 cm³/mol. The fraction of sp³-hybridized carbons (Fsp3) is 0. The third-order valence-corrected chi connectivity index (χ3v) is 2.00. The third kappa shape index (κ3) is 9.33. The first kappa shape index (κ1) is 15.8. The molecule has 0 bridgehead atoms. The molecule has 0 radical (unpaired) electrons. The number of nitriles is 1. The maximum absolute atomic E-state index is 8.94. The van der Waals surface area contributed by atoms with Crippen molar-refractivity contribution >= 4 is 6.21 Å². The smallest absolute Gasteiger partial charge is 0.124 e. The lowest BCUT2D eigenvalue weighted by atomic mass is 10.2. The molecule has 0 fully saturated rings. The molecule has 0 unspecified atom stereocenters. The van der Waals surface area contributed by atoms with Crippen LogP contribution in [-0.4, -0.2) is 6.21 Å². The maximum Gasteiger partial charge on any atom is 0.124 e. The standard InChI is InChI=1S/C16H14N4O/c17-15-16-11-7-5-3-1-2-4-6-10-14-21-20-19-18-13-9-8-12-16/h1-14H/b2-1+,5-3+,6-4+,9-8+,11-7?,14-10-,16-12?,18-13-,20-19+. The lowest BCUT2D eigenvalue weighted by Gasteiger charge is -1.82. The number of hydrogen-bond donors (Lipinski definition) is 0. The maximum atomic E-state index is 8.94. The Kier molecular flexibility index (Phi) is 8.88. The highest BCUT2D eigenvalue weighted by Crippen LogP contribution is 1.96.